The molecule has 29 heavy (non-hydrogen) atoms. The first-order valence-electron chi connectivity index (χ1n) is 9.12. The van der Waals surface area contributed by atoms with E-state index in [1.165, 1.54) is 0 Å². The number of halogens is 1. The zero-order valence-corrected chi connectivity index (χ0v) is 17.0. The van der Waals surface area contributed by atoms with E-state index in [4.69, 9.17) is 26.1 Å². The molecule has 0 aliphatic rings. The van der Waals surface area contributed by atoms with Gasteiger partial charge in [0.2, 0.25) is 0 Å². The summed E-state index contributed by atoms with van der Waals surface area (Å²) in [5.41, 5.74) is 9.31. The van der Waals surface area contributed by atoms with Crippen molar-refractivity contribution in [3.63, 3.8) is 0 Å². The third kappa shape index (κ3) is 7.79. The summed E-state index contributed by atoms with van der Waals surface area (Å²) < 4.78 is 5.53. The van der Waals surface area contributed by atoms with E-state index in [0.717, 1.165) is 16.9 Å². The third-order valence-corrected chi connectivity index (χ3v) is 4.12. The first-order valence-corrected chi connectivity index (χ1v) is 9.12. The van der Waals surface area contributed by atoms with Gasteiger partial charge in [-0.05, 0) is 35.9 Å². The topological polar surface area (TPSA) is 118 Å². The molecule has 0 aliphatic heterocycles. The van der Waals surface area contributed by atoms with E-state index in [9.17, 15) is 0 Å². The van der Waals surface area contributed by atoms with Gasteiger partial charge in [0.1, 0.15) is 12.4 Å². The highest BCUT2D eigenvalue weighted by Crippen LogP contribution is 2.27. The highest BCUT2D eigenvalue weighted by atomic mass is 35.5. The van der Waals surface area contributed by atoms with Crippen LogP contribution in [-0.4, -0.2) is 31.4 Å². The SMILES string of the molecule is Cl.N#CCCN(CCC#N)c1ccc(CNc2cc(N)ccc2OCCO)cc1. The average molecular weight is 416 g/mol. The molecule has 0 saturated heterocycles. The van der Waals surface area contributed by atoms with E-state index >= 15 is 0 Å². The van der Waals surface area contributed by atoms with Crippen LogP contribution in [0, 0.1) is 22.7 Å². The summed E-state index contributed by atoms with van der Waals surface area (Å²) in [7, 11) is 0. The Hall–Kier alpha value is -3.13. The van der Waals surface area contributed by atoms with Gasteiger partial charge in [0.05, 0.1) is 37.3 Å². The summed E-state index contributed by atoms with van der Waals surface area (Å²) in [5, 5.41) is 29.9. The Kier molecular flexibility index (Phi) is 10.8. The van der Waals surface area contributed by atoms with Crippen molar-refractivity contribution >= 4 is 29.5 Å². The van der Waals surface area contributed by atoms with Gasteiger partial charge in [0.15, 0.2) is 0 Å². The van der Waals surface area contributed by atoms with Crippen LogP contribution in [0.25, 0.3) is 0 Å². The number of nitriles is 2. The van der Waals surface area contributed by atoms with Crippen LogP contribution >= 0.6 is 12.4 Å². The monoisotopic (exact) mass is 415 g/mol. The molecule has 0 radical (unpaired) electrons. The molecule has 0 aliphatic carbocycles. The smallest absolute Gasteiger partial charge is 0.142 e. The molecule has 2 aromatic rings. The highest BCUT2D eigenvalue weighted by Gasteiger charge is 2.07. The minimum absolute atomic E-state index is 0. The lowest BCUT2D eigenvalue weighted by Gasteiger charge is -2.23. The van der Waals surface area contributed by atoms with Gasteiger partial charge in [0.25, 0.3) is 0 Å². The van der Waals surface area contributed by atoms with Crippen molar-refractivity contribution in [2.45, 2.75) is 19.4 Å². The molecule has 8 heteroatoms. The summed E-state index contributed by atoms with van der Waals surface area (Å²) in [4.78, 5) is 2.04. The molecule has 0 unspecified atom stereocenters. The Morgan fingerprint density at radius 1 is 1.03 bits per heavy atom. The van der Waals surface area contributed by atoms with Gasteiger partial charge < -0.3 is 25.8 Å². The minimum atomic E-state index is -0.0562. The minimum Gasteiger partial charge on any atom is -0.489 e. The largest absolute Gasteiger partial charge is 0.489 e. The Balaban J connectivity index is 0.00000420. The molecule has 2 rings (SSSR count). The van der Waals surface area contributed by atoms with E-state index in [-0.39, 0.29) is 25.6 Å². The van der Waals surface area contributed by atoms with Crippen LogP contribution in [0.4, 0.5) is 17.1 Å². The van der Waals surface area contributed by atoms with Crippen LogP contribution in [0.15, 0.2) is 42.5 Å². The van der Waals surface area contributed by atoms with Crippen LogP contribution in [0.2, 0.25) is 0 Å². The molecular weight excluding hydrogens is 390 g/mol. The number of ether oxygens (including phenoxy) is 1. The second kappa shape index (κ2) is 13.1. The Morgan fingerprint density at radius 2 is 1.69 bits per heavy atom. The maximum atomic E-state index is 8.95. The van der Waals surface area contributed by atoms with Gasteiger partial charge in [-0.2, -0.15) is 10.5 Å². The molecule has 154 valence electrons. The molecule has 0 atom stereocenters. The maximum Gasteiger partial charge on any atom is 0.142 e. The molecule has 0 bridgehead atoms. The first-order chi connectivity index (χ1) is 13.7. The Labute approximate surface area is 177 Å². The number of rotatable bonds is 11. The van der Waals surface area contributed by atoms with E-state index in [1.807, 2.05) is 29.2 Å². The van der Waals surface area contributed by atoms with Crippen LogP contribution < -0.4 is 20.7 Å². The predicted molar refractivity (Wildman–Crippen MR) is 117 cm³/mol. The number of benzene rings is 2. The zero-order chi connectivity index (χ0) is 20.2. The lowest BCUT2D eigenvalue weighted by molar-refractivity contribution is 0.202. The number of aliphatic hydroxyl groups excluding tert-OH is 1. The van der Waals surface area contributed by atoms with Crippen molar-refractivity contribution in [1.29, 1.82) is 10.5 Å². The summed E-state index contributed by atoms with van der Waals surface area (Å²) in [5.74, 6) is 0.638. The number of hydrogen-bond donors (Lipinski definition) is 3. The summed E-state index contributed by atoms with van der Waals surface area (Å²) in [6, 6.07) is 17.6. The van der Waals surface area contributed by atoms with Gasteiger partial charge in [-0.1, -0.05) is 12.1 Å². The van der Waals surface area contributed by atoms with Gasteiger partial charge in [-0.25, -0.2) is 0 Å². The Morgan fingerprint density at radius 3 is 2.28 bits per heavy atom. The van der Waals surface area contributed by atoms with Crippen LogP contribution in [-0.2, 0) is 6.54 Å². The van der Waals surface area contributed by atoms with Crippen LogP contribution in [0.5, 0.6) is 5.75 Å². The number of nitrogens with two attached hydrogens (primary N) is 1. The average Bonchev–Trinajstić information content (AvgIpc) is 2.72. The normalized spacial score (nSPS) is 9.62. The number of nitrogens with zero attached hydrogens (tertiary/aromatic N) is 3. The van der Waals surface area contributed by atoms with E-state index in [0.29, 0.717) is 43.9 Å². The lowest BCUT2D eigenvalue weighted by Crippen LogP contribution is -2.25. The molecular formula is C21H26ClN5O2. The molecule has 0 aromatic heterocycles. The fourth-order valence-electron chi connectivity index (χ4n) is 2.73. The van der Waals surface area contributed by atoms with Crippen LogP contribution in [0.3, 0.4) is 0 Å². The Bertz CT molecular complexity index is 812. The van der Waals surface area contributed by atoms with Gasteiger partial charge in [-0.3, -0.25) is 0 Å². The first kappa shape index (κ1) is 23.9. The van der Waals surface area contributed by atoms with E-state index < -0.39 is 0 Å². The molecule has 0 amide bonds. The third-order valence-electron chi connectivity index (χ3n) is 4.12. The second-order valence-electron chi connectivity index (χ2n) is 6.15. The highest BCUT2D eigenvalue weighted by molar-refractivity contribution is 5.85. The number of nitrogens with one attached hydrogen (secondary N) is 1. The molecule has 2 aromatic carbocycles. The fourth-order valence-corrected chi connectivity index (χ4v) is 2.73. The molecule has 0 fully saturated rings. The summed E-state index contributed by atoms with van der Waals surface area (Å²) in [6.45, 7) is 1.94. The van der Waals surface area contributed by atoms with Crippen molar-refractivity contribution in [2.24, 2.45) is 0 Å². The van der Waals surface area contributed by atoms with Crippen molar-refractivity contribution in [2.75, 3.05) is 42.3 Å². The van der Waals surface area contributed by atoms with Gasteiger partial charge in [-0.15, -0.1) is 12.4 Å². The molecule has 0 spiro atoms. The summed E-state index contributed by atoms with van der Waals surface area (Å²) in [6.07, 6.45) is 0.835. The maximum absolute atomic E-state index is 8.95. The number of aliphatic hydroxyl groups is 1. The summed E-state index contributed by atoms with van der Waals surface area (Å²) >= 11 is 0. The number of nitrogen functional groups attached to an aromatic ring is 1. The van der Waals surface area contributed by atoms with Crippen molar-refractivity contribution in [3.8, 4) is 17.9 Å². The quantitative estimate of drug-likeness (QED) is 0.481. The van der Waals surface area contributed by atoms with E-state index in [2.05, 4.69) is 17.5 Å². The molecule has 0 saturated carbocycles. The zero-order valence-electron chi connectivity index (χ0n) is 16.2. The van der Waals surface area contributed by atoms with Crippen molar-refractivity contribution in [3.05, 3.63) is 48.0 Å². The second-order valence-corrected chi connectivity index (χ2v) is 6.15. The number of anilines is 3. The van der Waals surface area contributed by atoms with Gasteiger partial charge in [0, 0.05) is 31.0 Å². The molecule has 7 nitrogen and oxygen atoms in total. The number of hydrogen-bond acceptors (Lipinski definition) is 7. The van der Waals surface area contributed by atoms with Gasteiger partial charge >= 0.3 is 0 Å². The molecule has 0 heterocycles. The van der Waals surface area contributed by atoms with Crippen molar-refractivity contribution < 1.29 is 9.84 Å². The predicted octanol–water partition coefficient (Wildman–Crippen LogP) is 3.31. The molecule has 4 N–H and O–H groups in total. The van der Waals surface area contributed by atoms with E-state index in [1.54, 1.807) is 18.2 Å². The fraction of sp³-hybridized carbons (Fsp3) is 0.333. The van der Waals surface area contributed by atoms with Crippen LogP contribution in [0.1, 0.15) is 18.4 Å². The van der Waals surface area contributed by atoms with Crippen molar-refractivity contribution in [1.82, 2.24) is 0 Å². The standard InChI is InChI=1S/C21H25N5O2.ClH/c22-9-1-11-26(12-2-10-23)19-6-3-17(4-7-19)16-25-20-15-18(24)5-8-21(20)28-14-13-27;/h3-8,15,25,27H,1-2,11-14,16,24H2;1H. The lowest BCUT2D eigenvalue weighted by atomic mass is 10.1.